The van der Waals surface area contributed by atoms with Gasteiger partial charge in [0, 0.05) is 57.5 Å². The monoisotopic (exact) mass is 1940 g/mol. The van der Waals surface area contributed by atoms with E-state index in [0.29, 0.717) is 61.0 Å². The predicted molar refractivity (Wildman–Crippen MR) is 503 cm³/mol. The van der Waals surface area contributed by atoms with Crippen LogP contribution in [0.25, 0.3) is 10.8 Å². The molecule has 14 N–H and O–H groups in total. The lowest BCUT2D eigenvalue weighted by Crippen LogP contribution is -2.34. The standard InChI is InChI=1S/C20H18N2O2S.C18H19ClN2O2S.C17H15IN2O3S.C16H15FN2O2S.C15H12IN3O4S/c1-12-9-13(2)11-15(10-12)19(24)22-20(25)21-17-8-7-14-5-3-4-6-16(14)18(17)23;1-9-5-10(2)7-13(6-9)17(23)21-18(24)20-16-12(4)15(19)11(3)8-14(16)22;1-10-7-11(9-12(18)8-10)15(21)20-17(24)19-14-6-4-3-5-13(14)16(22)23-2;1-9-5-10(2)7-11(6-9)15(21)19-16(22)18-13-4-3-12(17)8-14(13)20;1-8-4-9(6-10(16)5-8)14(21)18-15(24)17-12-3-2-11(19(22)23)7-13(12)20/h3-11,23H,1-2H3,(H2,21,22,24,25);5-8,22H,1-4H3,(H2,20,21,23,24);3-9H,1-2H3,(H2,19,20,21,24);3-8,20H,1-2H3,(H2,18,19,21,22);2-7,20H,1H3,(H2,17,18,21,24). The highest BCUT2D eigenvalue weighted by atomic mass is 127. The lowest BCUT2D eigenvalue weighted by atomic mass is 10.1. The number of benzene rings is 11. The summed E-state index contributed by atoms with van der Waals surface area (Å²) < 4.78 is 19.5. The highest BCUT2D eigenvalue weighted by Gasteiger charge is 2.20. The number of para-hydroxylation sites is 1. The van der Waals surface area contributed by atoms with Crippen LogP contribution < -0.4 is 53.2 Å². The van der Waals surface area contributed by atoms with Gasteiger partial charge in [0.25, 0.3) is 35.2 Å². The number of aryl methyl sites for hydroxylation is 9. The maximum absolute atomic E-state index is 12.9. The number of anilines is 5. The normalized spacial score (nSPS) is 10.2. The number of amides is 5. The lowest BCUT2D eigenvalue weighted by molar-refractivity contribution is -0.384. The van der Waals surface area contributed by atoms with E-state index in [0.717, 1.165) is 80.1 Å². The van der Waals surface area contributed by atoms with Gasteiger partial charge in [0.05, 0.1) is 52.1 Å². The zero-order valence-electron chi connectivity index (χ0n) is 65.4. The molecule has 0 atom stereocenters. The van der Waals surface area contributed by atoms with Crippen LogP contribution in [0, 0.1) is 92.3 Å². The maximum Gasteiger partial charge on any atom is 0.339 e. The number of aromatic hydroxyl groups is 4. The van der Waals surface area contributed by atoms with E-state index in [4.69, 9.17) is 77.4 Å². The summed E-state index contributed by atoms with van der Waals surface area (Å²) >= 11 is 36.1. The molecular formula is C86H79ClFI2N11O13S5. The molecule has 11 aromatic carbocycles. The van der Waals surface area contributed by atoms with Crippen LogP contribution in [-0.2, 0) is 4.74 Å². The second kappa shape index (κ2) is 44.1. The Morgan fingerprint density at radius 1 is 0.412 bits per heavy atom. The number of phenols is 4. The Kier molecular flexibility index (Phi) is 35.0. The number of phenolic OH excluding ortho intramolecular Hbond substituents is 4. The smallest absolute Gasteiger partial charge is 0.339 e. The molecule has 0 aromatic heterocycles. The van der Waals surface area contributed by atoms with E-state index < -0.39 is 22.6 Å². The van der Waals surface area contributed by atoms with E-state index in [1.807, 2.05) is 116 Å². The Bertz CT molecular complexity index is 5740. The third-order valence-electron chi connectivity index (χ3n) is 16.5. The summed E-state index contributed by atoms with van der Waals surface area (Å²) in [5, 5.41) is 79.7. The van der Waals surface area contributed by atoms with Gasteiger partial charge in [0.15, 0.2) is 25.6 Å². The molecule has 0 aliphatic rings. The molecule has 614 valence electrons. The minimum Gasteiger partial charge on any atom is -0.506 e. The molecule has 11 rings (SSSR count). The number of carbonyl (C=O) groups is 6. The Morgan fingerprint density at radius 3 is 1.17 bits per heavy atom. The topological polar surface area (TPSA) is 356 Å². The second-order valence-electron chi connectivity index (χ2n) is 26.6. The fourth-order valence-electron chi connectivity index (χ4n) is 11.4. The molecular weight excluding hydrogens is 1860 g/mol. The van der Waals surface area contributed by atoms with Gasteiger partial charge in [-0.2, -0.15) is 0 Å². The van der Waals surface area contributed by atoms with Gasteiger partial charge in [-0.1, -0.05) is 106 Å². The SMILES string of the molecule is COC(=O)c1ccccc1NC(=S)NC(=O)c1cc(C)cc(I)c1.Cc1cc(C)cc(C(=O)NC(=S)Nc2c(O)cc(C)c(Cl)c2C)c1.Cc1cc(C)cc(C(=O)NC(=S)Nc2ccc(F)cc2O)c1.Cc1cc(C)cc(C(=O)NC(=S)Nc2ccc3ccccc3c2O)c1.Cc1cc(I)cc(C(=O)NC(=S)Nc2ccc([N+](=O)[O-])cc2O)c1. The van der Waals surface area contributed by atoms with Crippen LogP contribution in [0.1, 0.15) is 118 Å². The lowest BCUT2D eigenvalue weighted by Gasteiger charge is -2.15. The number of methoxy groups -OCH3 is 1. The molecule has 0 bridgehead atoms. The number of fused-ring (bicyclic) bond motifs is 1. The molecule has 0 aliphatic heterocycles. The summed E-state index contributed by atoms with van der Waals surface area (Å²) in [7, 11) is 1.30. The number of non-ortho nitro benzene ring substituents is 1. The van der Waals surface area contributed by atoms with Crippen molar-refractivity contribution < 1.29 is 63.2 Å². The van der Waals surface area contributed by atoms with Crippen LogP contribution in [0.4, 0.5) is 38.5 Å². The summed E-state index contributed by atoms with van der Waals surface area (Å²) in [6.45, 7) is 18.9. The zero-order chi connectivity index (χ0) is 87.8. The molecule has 0 aliphatic carbocycles. The molecule has 33 heteroatoms. The van der Waals surface area contributed by atoms with Gasteiger partial charge >= 0.3 is 5.97 Å². The summed E-state index contributed by atoms with van der Waals surface area (Å²) in [6.07, 6.45) is 0. The first-order chi connectivity index (χ1) is 56.1. The number of nitrogens with zero attached hydrogens (tertiary/aromatic N) is 1. The Morgan fingerprint density at radius 2 is 0.765 bits per heavy atom. The zero-order valence-corrected chi connectivity index (χ0v) is 74.6. The molecule has 0 saturated heterocycles. The van der Waals surface area contributed by atoms with Crippen LogP contribution >= 0.6 is 118 Å². The van der Waals surface area contributed by atoms with Gasteiger partial charge in [0.2, 0.25) is 0 Å². The van der Waals surface area contributed by atoms with Crippen molar-refractivity contribution in [2.24, 2.45) is 0 Å². The summed E-state index contributed by atoms with van der Waals surface area (Å²) in [5.74, 6) is -3.22. The van der Waals surface area contributed by atoms with Crippen molar-refractivity contribution in [1.29, 1.82) is 0 Å². The molecule has 0 saturated carbocycles. The number of hydrogen-bond donors (Lipinski definition) is 14. The number of nitro groups is 1. The number of nitrogens with one attached hydrogen (secondary N) is 10. The number of thiocarbonyl (C=S) groups is 5. The summed E-state index contributed by atoms with van der Waals surface area (Å²) in [4.78, 5) is 83.0. The molecule has 24 nitrogen and oxygen atoms in total. The molecule has 11 aromatic rings. The van der Waals surface area contributed by atoms with Gasteiger partial charge in [0.1, 0.15) is 28.8 Å². The van der Waals surface area contributed by atoms with Crippen LogP contribution in [0.3, 0.4) is 0 Å². The van der Waals surface area contributed by atoms with Crippen molar-refractivity contribution in [2.45, 2.75) is 69.2 Å². The van der Waals surface area contributed by atoms with E-state index in [2.05, 4.69) is 98.3 Å². The van der Waals surface area contributed by atoms with Gasteiger partial charge in [-0.05, 0) is 318 Å². The van der Waals surface area contributed by atoms with E-state index in [9.17, 15) is 63.7 Å². The molecule has 0 radical (unpaired) electrons. The summed E-state index contributed by atoms with van der Waals surface area (Å²) in [5.41, 5.74) is 13.6. The van der Waals surface area contributed by atoms with E-state index in [1.165, 1.54) is 31.4 Å². The van der Waals surface area contributed by atoms with Gasteiger partial charge in [-0.25, -0.2) is 9.18 Å². The third-order valence-corrected chi connectivity index (χ3v) is 19.3. The molecule has 0 spiro atoms. The quantitative estimate of drug-likeness (QED) is 0.0135. The molecule has 0 heterocycles. The number of rotatable bonds is 12. The fourth-order valence-corrected chi connectivity index (χ4v) is 14.2. The van der Waals surface area contributed by atoms with Crippen LogP contribution in [0.15, 0.2) is 194 Å². The predicted octanol–water partition coefficient (Wildman–Crippen LogP) is 18.8. The highest BCUT2D eigenvalue weighted by Crippen LogP contribution is 2.36. The number of esters is 1. The van der Waals surface area contributed by atoms with Crippen molar-refractivity contribution >= 4 is 224 Å². The van der Waals surface area contributed by atoms with Crippen molar-refractivity contribution in [2.75, 3.05) is 33.7 Å². The number of ether oxygens (including phenoxy) is 1. The van der Waals surface area contributed by atoms with Gasteiger partial charge in [-0.3, -0.25) is 60.7 Å². The number of nitro benzene ring substituents is 1. The Hall–Kier alpha value is -11.8. The first kappa shape index (κ1) is 94.4. The van der Waals surface area contributed by atoms with E-state index >= 15 is 0 Å². The van der Waals surface area contributed by atoms with E-state index in [-0.39, 0.29) is 89.3 Å². The molecule has 5 amide bonds. The second-order valence-corrected chi connectivity index (χ2v) is 31.5. The molecule has 0 unspecified atom stereocenters. The first-order valence-electron chi connectivity index (χ1n) is 35.4. The summed E-state index contributed by atoms with van der Waals surface area (Å²) in [6, 6.07) is 53.9. The van der Waals surface area contributed by atoms with Crippen LogP contribution in [0.5, 0.6) is 23.0 Å². The maximum atomic E-state index is 12.9. The van der Waals surface area contributed by atoms with Gasteiger partial charge < -0.3 is 51.7 Å². The van der Waals surface area contributed by atoms with Crippen molar-refractivity contribution in [3.05, 3.63) is 311 Å². The number of halogens is 4. The number of hydrogen-bond acceptors (Lipinski definition) is 18. The average Bonchev–Trinajstić information content (AvgIpc) is 0.817. The van der Waals surface area contributed by atoms with Crippen molar-refractivity contribution in [3.8, 4) is 23.0 Å². The molecule has 119 heavy (non-hydrogen) atoms. The third kappa shape index (κ3) is 29.1. The van der Waals surface area contributed by atoms with Crippen LogP contribution in [-0.4, -0.2) is 93.5 Å². The highest BCUT2D eigenvalue weighted by molar-refractivity contribution is 14.1. The van der Waals surface area contributed by atoms with Crippen molar-refractivity contribution in [1.82, 2.24) is 26.6 Å². The van der Waals surface area contributed by atoms with E-state index in [1.54, 1.807) is 111 Å². The van der Waals surface area contributed by atoms with Crippen molar-refractivity contribution in [3.63, 3.8) is 0 Å². The average molecular weight is 1940 g/mol. The first-order valence-corrected chi connectivity index (χ1v) is 40.0. The van der Waals surface area contributed by atoms with Crippen LogP contribution in [0.2, 0.25) is 5.02 Å². The fraction of sp³-hybridized carbons (Fsp3) is 0.128. The molecule has 0 fully saturated rings. The van der Waals surface area contributed by atoms with Gasteiger partial charge in [-0.15, -0.1) is 0 Å². The minimum absolute atomic E-state index is 0.0195. The minimum atomic E-state index is -0.622. The Labute approximate surface area is 744 Å². The Balaban J connectivity index is 0.000000205. The number of carbonyl (C=O) groups excluding carboxylic acids is 6. The largest absolute Gasteiger partial charge is 0.506 e.